The maximum atomic E-state index is 14.7. The number of carbonyl (C=O) groups is 2. The molecule has 0 aliphatic carbocycles. The second kappa shape index (κ2) is 17.3. The molecule has 0 atom stereocenters. The molecular formula is C53H43BrCl2N4O2S2. The summed E-state index contributed by atoms with van der Waals surface area (Å²) in [4.78, 5) is 39.2. The number of hydrogen-bond donors (Lipinski definition) is 0. The van der Waals surface area contributed by atoms with E-state index in [1.165, 1.54) is 0 Å². The molecule has 6 nitrogen and oxygen atoms in total. The zero-order valence-electron chi connectivity index (χ0n) is 35.6. The molecule has 0 bridgehead atoms. The van der Waals surface area contributed by atoms with Crippen LogP contribution in [0.4, 0.5) is 34.1 Å². The van der Waals surface area contributed by atoms with Crippen molar-refractivity contribution in [3.8, 4) is 0 Å². The maximum absolute atomic E-state index is 14.7. The minimum Gasteiger partial charge on any atom is -1.00 e. The molecule has 0 radical (unpaired) electrons. The van der Waals surface area contributed by atoms with Crippen molar-refractivity contribution in [1.82, 2.24) is 0 Å². The Morgan fingerprint density at radius 3 is 1.72 bits per heavy atom. The lowest BCUT2D eigenvalue weighted by Crippen LogP contribution is -3.00. The minimum atomic E-state index is -0.378. The van der Waals surface area contributed by atoms with E-state index in [2.05, 4.69) is 97.9 Å². The Hall–Kier alpha value is -5.29. The zero-order chi connectivity index (χ0) is 43.6. The molecule has 4 heterocycles. The number of halogens is 3. The molecule has 2 amide bonds. The van der Waals surface area contributed by atoms with E-state index in [0.29, 0.717) is 10.0 Å². The molecule has 4 aliphatic heterocycles. The lowest BCUT2D eigenvalue weighted by Gasteiger charge is -2.33. The normalized spacial score (nSPS) is 16.9. The van der Waals surface area contributed by atoms with Crippen molar-refractivity contribution in [2.24, 2.45) is 0 Å². The van der Waals surface area contributed by atoms with Crippen molar-refractivity contribution in [3.63, 3.8) is 0 Å². The molecule has 0 saturated heterocycles. The Labute approximate surface area is 403 Å². The van der Waals surface area contributed by atoms with E-state index in [-0.39, 0.29) is 52.7 Å². The second-order valence-electron chi connectivity index (χ2n) is 17.0. The molecule has 320 valence electrons. The zero-order valence-corrected chi connectivity index (χ0v) is 40.3. The number of benzene rings is 6. The first kappa shape index (κ1) is 43.9. The number of fused-ring (bicyclic) bond motifs is 6. The van der Waals surface area contributed by atoms with Crippen molar-refractivity contribution in [3.05, 3.63) is 191 Å². The predicted octanol–water partition coefficient (Wildman–Crippen LogP) is 10.8. The van der Waals surface area contributed by atoms with Gasteiger partial charge in [-0.05, 0) is 92.2 Å². The Bertz CT molecular complexity index is 3030. The molecule has 6 aromatic carbocycles. The van der Waals surface area contributed by atoms with Gasteiger partial charge in [0.15, 0.2) is 5.71 Å². The first-order valence-electron chi connectivity index (χ1n) is 20.9. The third-order valence-corrected chi connectivity index (χ3v) is 15.1. The Kier molecular flexibility index (Phi) is 11.8. The molecule has 4 aliphatic rings. The van der Waals surface area contributed by atoms with E-state index in [0.717, 1.165) is 76.2 Å². The number of nitrogens with zero attached hydrogens (tertiary/aromatic N) is 4. The fourth-order valence-corrected chi connectivity index (χ4v) is 11.8. The highest BCUT2D eigenvalue weighted by atomic mass is 79.9. The van der Waals surface area contributed by atoms with E-state index < -0.39 is 0 Å². The third-order valence-electron chi connectivity index (χ3n) is 12.4. The van der Waals surface area contributed by atoms with Crippen molar-refractivity contribution in [1.29, 1.82) is 0 Å². The molecule has 0 unspecified atom stereocenters. The van der Waals surface area contributed by atoms with Gasteiger partial charge >= 0.3 is 0 Å². The smallest absolute Gasteiger partial charge is 0.297 e. The number of allylic oxidation sites excluding steroid dienone is 6. The summed E-state index contributed by atoms with van der Waals surface area (Å²) in [6.07, 6.45) is 10.4. The predicted molar refractivity (Wildman–Crippen MR) is 261 cm³/mol. The summed E-state index contributed by atoms with van der Waals surface area (Å²) >= 11 is 16.4. The van der Waals surface area contributed by atoms with Gasteiger partial charge in [0.25, 0.3) is 11.8 Å². The second-order valence-corrected chi connectivity index (χ2v) is 20.0. The van der Waals surface area contributed by atoms with Crippen LogP contribution in [-0.4, -0.2) is 35.2 Å². The first-order valence-corrected chi connectivity index (χ1v) is 23.3. The highest BCUT2D eigenvalue weighted by Gasteiger charge is 2.46. The Morgan fingerprint density at radius 2 is 1.09 bits per heavy atom. The Balaban J connectivity index is 0.00000518. The summed E-state index contributed by atoms with van der Waals surface area (Å²) in [6.45, 7) is 9.10. The molecule has 10 rings (SSSR count). The average molecular weight is 983 g/mol. The SMILES string of the molecule is CC1(C)C(/C=C/C=C/C=C2\N(CC(=O)N3c4ccccc4Sc4ccc(Cl)cc43)c3ccccc3C2(C)C)=[N+](CC(=O)N2c3ccccc3Sc3ccc(Cl)cc32)c2ccccc21.[Br-]. The van der Waals surface area contributed by atoms with Crippen LogP contribution in [0, 0.1) is 0 Å². The highest BCUT2D eigenvalue weighted by molar-refractivity contribution is 8.00. The van der Waals surface area contributed by atoms with Crippen LogP contribution in [0.2, 0.25) is 10.0 Å². The first-order chi connectivity index (χ1) is 30.4. The number of rotatable bonds is 7. The van der Waals surface area contributed by atoms with Crippen LogP contribution in [0.15, 0.2) is 189 Å². The van der Waals surface area contributed by atoms with Crippen LogP contribution in [0.25, 0.3) is 0 Å². The maximum Gasteiger partial charge on any atom is 0.297 e. The van der Waals surface area contributed by atoms with Crippen molar-refractivity contribution in [2.75, 3.05) is 27.8 Å². The average Bonchev–Trinajstić information content (AvgIpc) is 3.62. The van der Waals surface area contributed by atoms with Crippen molar-refractivity contribution < 1.29 is 31.1 Å². The molecule has 0 N–H and O–H groups in total. The van der Waals surface area contributed by atoms with Gasteiger partial charge in [0.05, 0.1) is 28.2 Å². The van der Waals surface area contributed by atoms with Gasteiger partial charge in [0.2, 0.25) is 12.2 Å². The molecular weight excluding hydrogens is 940 g/mol. The molecule has 6 aromatic rings. The van der Waals surface area contributed by atoms with Crippen LogP contribution in [-0.2, 0) is 20.4 Å². The fourth-order valence-electron chi connectivity index (χ4n) is 9.39. The quantitative estimate of drug-likeness (QED) is 0.118. The molecule has 64 heavy (non-hydrogen) atoms. The molecule has 0 fully saturated rings. The van der Waals surface area contributed by atoms with Gasteiger partial charge in [-0.2, -0.15) is 4.58 Å². The van der Waals surface area contributed by atoms with Crippen molar-refractivity contribution in [2.45, 2.75) is 58.1 Å². The van der Waals surface area contributed by atoms with E-state index >= 15 is 0 Å². The van der Waals surface area contributed by atoms with Crippen LogP contribution in [0.3, 0.4) is 0 Å². The van der Waals surface area contributed by atoms with Gasteiger partial charge in [-0.3, -0.25) is 19.4 Å². The molecule has 0 saturated carbocycles. The van der Waals surface area contributed by atoms with Gasteiger partial charge in [-0.25, -0.2) is 0 Å². The number of amides is 2. The summed E-state index contributed by atoms with van der Waals surface area (Å²) < 4.78 is 2.15. The summed E-state index contributed by atoms with van der Waals surface area (Å²) in [5, 5.41) is 1.16. The number of para-hydroxylation sites is 4. The van der Waals surface area contributed by atoms with Gasteiger partial charge in [-0.15, -0.1) is 0 Å². The van der Waals surface area contributed by atoms with E-state index in [4.69, 9.17) is 23.2 Å². The lowest BCUT2D eigenvalue weighted by molar-refractivity contribution is -0.424. The monoisotopic (exact) mass is 980 g/mol. The highest BCUT2D eigenvalue weighted by Crippen LogP contribution is 2.52. The summed E-state index contributed by atoms with van der Waals surface area (Å²) in [5.41, 5.74) is 8.90. The van der Waals surface area contributed by atoms with E-state index in [9.17, 15) is 9.59 Å². The number of anilines is 5. The summed E-state index contributed by atoms with van der Waals surface area (Å²) in [6, 6.07) is 44.2. The van der Waals surface area contributed by atoms with Crippen LogP contribution < -0.4 is 31.7 Å². The fraction of sp³-hybridized carbons (Fsp3) is 0.151. The van der Waals surface area contributed by atoms with Gasteiger partial charge in [-0.1, -0.05) is 139 Å². The summed E-state index contributed by atoms with van der Waals surface area (Å²) in [5.74, 6) is -0.109. The largest absolute Gasteiger partial charge is 1.00 e. The molecule has 0 spiro atoms. The van der Waals surface area contributed by atoms with Gasteiger partial charge < -0.3 is 21.9 Å². The topological polar surface area (TPSA) is 46.9 Å². The number of hydrogen-bond acceptors (Lipinski definition) is 5. The van der Waals surface area contributed by atoms with Crippen molar-refractivity contribution >= 4 is 98.4 Å². The van der Waals surface area contributed by atoms with Gasteiger partial charge in [0.1, 0.15) is 6.54 Å². The lowest BCUT2D eigenvalue weighted by atomic mass is 9.81. The van der Waals surface area contributed by atoms with E-state index in [1.807, 2.05) is 113 Å². The van der Waals surface area contributed by atoms with Crippen LogP contribution in [0.1, 0.15) is 38.8 Å². The Morgan fingerprint density at radius 1 is 0.578 bits per heavy atom. The van der Waals surface area contributed by atoms with Crippen LogP contribution >= 0.6 is 46.7 Å². The third kappa shape index (κ3) is 7.55. The number of carbonyl (C=O) groups excluding carboxylic acids is 2. The molecule has 0 aromatic heterocycles. The molecule has 11 heteroatoms. The summed E-state index contributed by atoms with van der Waals surface area (Å²) in [7, 11) is 0. The standard InChI is InChI=1S/C53H43Cl2N4O2S2.BrH/c1-52(2)36-16-8-10-18-38(36)56(32-50(60)58-40-20-12-14-22-44(40)62-46-28-26-34(54)30-42(46)58)48(52)24-6-5-7-25-49-53(3,4)37-17-9-11-19-39(37)57(49)33-51(61)59-41-21-13-15-23-45(41)63-47-29-27-35(55)31-43(47)59;/h5-31H,32-33H2,1-4H3;1H/q+1;/p-1. The van der Waals surface area contributed by atoms with Gasteiger partial charge in [0, 0.05) is 64.1 Å². The minimum absolute atomic E-state index is 0. The van der Waals surface area contributed by atoms with Crippen LogP contribution in [0.5, 0.6) is 0 Å². The van der Waals surface area contributed by atoms with E-state index in [1.54, 1.807) is 23.5 Å².